The topological polar surface area (TPSA) is 48.4 Å². The minimum Gasteiger partial charge on any atom is -0.352 e. The van der Waals surface area contributed by atoms with Crippen molar-refractivity contribution in [3.63, 3.8) is 0 Å². The first-order chi connectivity index (χ1) is 16.4. The van der Waals surface area contributed by atoms with Crippen molar-refractivity contribution in [3.8, 4) is 11.3 Å². The van der Waals surface area contributed by atoms with E-state index in [0.717, 1.165) is 61.9 Å². The van der Waals surface area contributed by atoms with Crippen LogP contribution in [0.15, 0.2) is 42.6 Å². The van der Waals surface area contributed by atoms with E-state index in [1.807, 2.05) is 18.2 Å². The Morgan fingerprint density at radius 1 is 0.941 bits per heavy atom. The fourth-order valence-corrected chi connectivity index (χ4v) is 5.25. The number of nitrogens with zero attached hydrogens (tertiary/aromatic N) is 6. The van der Waals surface area contributed by atoms with Crippen molar-refractivity contribution >= 4 is 40.8 Å². The van der Waals surface area contributed by atoms with Gasteiger partial charge in [-0.15, -0.1) is 0 Å². The molecule has 6 nitrogen and oxygen atoms in total. The predicted molar refractivity (Wildman–Crippen MR) is 137 cm³/mol. The average molecular weight is 501 g/mol. The van der Waals surface area contributed by atoms with Crippen molar-refractivity contribution in [2.75, 3.05) is 40.9 Å². The van der Waals surface area contributed by atoms with Crippen LogP contribution in [0.5, 0.6) is 0 Å². The second-order valence-corrected chi connectivity index (χ2v) is 9.84. The van der Waals surface area contributed by atoms with Crippen LogP contribution in [0.4, 0.5) is 22.0 Å². The van der Waals surface area contributed by atoms with Crippen LogP contribution in [0.25, 0.3) is 11.3 Å². The number of hydrogen-bond donors (Lipinski definition) is 0. The lowest BCUT2D eigenvalue weighted by Gasteiger charge is -2.41. The van der Waals surface area contributed by atoms with Gasteiger partial charge < -0.3 is 14.7 Å². The molecule has 0 aliphatic carbocycles. The molecule has 2 aliphatic heterocycles. The van der Waals surface area contributed by atoms with E-state index in [0.29, 0.717) is 17.0 Å². The fraction of sp³-hybridized carbons (Fsp3) is 0.400. The third kappa shape index (κ3) is 4.51. The smallest absolute Gasteiger partial charge is 0.228 e. The van der Waals surface area contributed by atoms with Gasteiger partial charge in [-0.3, -0.25) is 0 Å². The molecule has 2 saturated heterocycles. The van der Waals surface area contributed by atoms with Crippen LogP contribution in [-0.2, 0) is 0 Å². The molecule has 3 aromatic rings. The molecule has 5 rings (SSSR count). The zero-order valence-electron chi connectivity index (χ0n) is 19.3. The van der Waals surface area contributed by atoms with Gasteiger partial charge in [0.2, 0.25) is 5.95 Å². The van der Waals surface area contributed by atoms with Crippen molar-refractivity contribution in [1.29, 1.82) is 0 Å². The van der Waals surface area contributed by atoms with Gasteiger partial charge in [0.25, 0.3) is 0 Å². The van der Waals surface area contributed by atoms with Gasteiger partial charge in [0.15, 0.2) is 0 Å². The molecule has 0 unspecified atom stereocenters. The van der Waals surface area contributed by atoms with Crippen molar-refractivity contribution in [2.45, 2.75) is 38.8 Å². The number of halogens is 3. The standard InChI is InChI=1S/C25H27Cl2FN6/c1-16-5-4-10-34(16)25-30-22(18-7-8-21(28)20(27)13-18)14-23(31-25)33-12-11-32(15-17(33)2)24-19(26)6-3-9-29-24/h3,6-9,13-14,16-17H,4-5,10-12,15H2,1-2H3/t16-,17+/m1/s1. The largest absolute Gasteiger partial charge is 0.352 e. The number of benzene rings is 1. The van der Waals surface area contributed by atoms with E-state index in [9.17, 15) is 4.39 Å². The second kappa shape index (κ2) is 9.55. The summed E-state index contributed by atoms with van der Waals surface area (Å²) >= 11 is 12.5. The maximum atomic E-state index is 13.8. The van der Waals surface area contributed by atoms with E-state index in [1.54, 1.807) is 18.3 Å². The molecule has 4 heterocycles. The highest BCUT2D eigenvalue weighted by molar-refractivity contribution is 6.33. The number of aromatic nitrogens is 3. The van der Waals surface area contributed by atoms with Gasteiger partial charge in [-0.2, -0.15) is 4.98 Å². The number of rotatable bonds is 4. The van der Waals surface area contributed by atoms with Crippen LogP contribution >= 0.6 is 23.2 Å². The number of piperazine rings is 1. The number of hydrogen-bond acceptors (Lipinski definition) is 6. The SMILES string of the molecule is C[C@@H]1CCCN1c1nc(-c2ccc(F)c(Cl)c2)cc(N2CCN(c3ncccc3Cl)C[C@@H]2C)n1. The third-order valence-electron chi connectivity index (χ3n) is 6.69. The molecular weight excluding hydrogens is 474 g/mol. The number of anilines is 3. The molecule has 178 valence electrons. The minimum absolute atomic E-state index is 0.0861. The molecule has 2 aliphatic rings. The summed E-state index contributed by atoms with van der Waals surface area (Å²) in [6.07, 6.45) is 4.00. The zero-order chi connectivity index (χ0) is 23.8. The van der Waals surface area contributed by atoms with Crippen molar-refractivity contribution < 1.29 is 4.39 Å². The monoisotopic (exact) mass is 500 g/mol. The Bertz CT molecular complexity index is 1190. The maximum Gasteiger partial charge on any atom is 0.228 e. The van der Waals surface area contributed by atoms with E-state index in [4.69, 9.17) is 33.2 Å². The Morgan fingerprint density at radius 3 is 2.50 bits per heavy atom. The highest BCUT2D eigenvalue weighted by atomic mass is 35.5. The van der Waals surface area contributed by atoms with E-state index in [2.05, 4.69) is 33.5 Å². The molecule has 2 fully saturated rings. The van der Waals surface area contributed by atoms with E-state index in [-0.39, 0.29) is 11.1 Å². The predicted octanol–water partition coefficient (Wildman–Crippen LogP) is 5.69. The molecule has 0 saturated carbocycles. The quantitative estimate of drug-likeness (QED) is 0.458. The number of pyridine rings is 1. The summed E-state index contributed by atoms with van der Waals surface area (Å²) in [5.74, 6) is 1.94. The van der Waals surface area contributed by atoms with E-state index < -0.39 is 5.82 Å². The first-order valence-electron chi connectivity index (χ1n) is 11.6. The summed E-state index contributed by atoms with van der Waals surface area (Å²) in [6, 6.07) is 11.0. The summed E-state index contributed by atoms with van der Waals surface area (Å²) in [5, 5.41) is 0.744. The molecule has 0 bridgehead atoms. The van der Waals surface area contributed by atoms with Crippen LogP contribution in [0, 0.1) is 5.82 Å². The highest BCUT2D eigenvalue weighted by Crippen LogP contribution is 2.32. The van der Waals surface area contributed by atoms with Gasteiger partial charge in [-0.05, 0) is 57.0 Å². The minimum atomic E-state index is -0.439. The fourth-order valence-electron chi connectivity index (χ4n) is 4.83. The average Bonchev–Trinajstić information content (AvgIpc) is 3.26. The van der Waals surface area contributed by atoms with Crippen molar-refractivity contribution in [2.24, 2.45) is 0 Å². The van der Waals surface area contributed by atoms with Crippen LogP contribution in [-0.4, -0.2) is 53.2 Å². The van der Waals surface area contributed by atoms with Gasteiger partial charge >= 0.3 is 0 Å². The molecule has 34 heavy (non-hydrogen) atoms. The Kier molecular flexibility index (Phi) is 6.49. The lowest BCUT2D eigenvalue weighted by molar-refractivity contribution is 0.542. The first kappa shape index (κ1) is 23.1. The summed E-state index contributed by atoms with van der Waals surface area (Å²) in [4.78, 5) is 21.1. The Hall–Kier alpha value is -2.64. The first-order valence-corrected chi connectivity index (χ1v) is 12.4. The molecule has 0 radical (unpaired) electrons. The van der Waals surface area contributed by atoms with Gasteiger partial charge in [0.05, 0.1) is 15.7 Å². The van der Waals surface area contributed by atoms with Gasteiger partial charge in [0, 0.05) is 56.1 Å². The summed E-state index contributed by atoms with van der Waals surface area (Å²) in [5.41, 5.74) is 1.51. The molecule has 1 aromatic carbocycles. The second-order valence-electron chi connectivity index (χ2n) is 9.02. The molecular formula is C25H27Cl2FN6. The van der Waals surface area contributed by atoms with Gasteiger partial charge in [0.1, 0.15) is 17.5 Å². The highest BCUT2D eigenvalue weighted by Gasteiger charge is 2.29. The summed E-state index contributed by atoms with van der Waals surface area (Å²) in [7, 11) is 0. The Morgan fingerprint density at radius 2 is 1.79 bits per heavy atom. The molecule has 2 atom stereocenters. The van der Waals surface area contributed by atoms with Crippen LogP contribution < -0.4 is 14.7 Å². The molecule has 9 heteroatoms. The molecule has 0 amide bonds. The third-order valence-corrected chi connectivity index (χ3v) is 7.27. The lowest BCUT2D eigenvalue weighted by atomic mass is 10.1. The van der Waals surface area contributed by atoms with Gasteiger partial charge in [-0.1, -0.05) is 23.2 Å². The molecule has 2 aromatic heterocycles. The van der Waals surface area contributed by atoms with E-state index >= 15 is 0 Å². The van der Waals surface area contributed by atoms with Gasteiger partial charge in [-0.25, -0.2) is 14.4 Å². The summed E-state index contributed by atoms with van der Waals surface area (Å²) < 4.78 is 13.8. The molecule has 0 N–H and O–H groups in total. The summed E-state index contributed by atoms with van der Waals surface area (Å²) in [6.45, 7) is 7.62. The van der Waals surface area contributed by atoms with Crippen LogP contribution in [0.2, 0.25) is 10.0 Å². The van der Waals surface area contributed by atoms with Crippen LogP contribution in [0.1, 0.15) is 26.7 Å². The van der Waals surface area contributed by atoms with Crippen LogP contribution in [0.3, 0.4) is 0 Å². The molecule has 0 spiro atoms. The Labute approximate surface area is 209 Å². The Balaban J connectivity index is 1.49. The van der Waals surface area contributed by atoms with E-state index in [1.165, 1.54) is 6.07 Å². The zero-order valence-corrected chi connectivity index (χ0v) is 20.8. The normalized spacial score (nSPS) is 20.8. The maximum absolute atomic E-state index is 13.8. The van der Waals surface area contributed by atoms with Crippen molar-refractivity contribution in [1.82, 2.24) is 15.0 Å². The lowest BCUT2D eigenvalue weighted by Crippen LogP contribution is -2.52. The van der Waals surface area contributed by atoms with Crippen molar-refractivity contribution in [3.05, 3.63) is 58.5 Å².